The zero-order valence-corrected chi connectivity index (χ0v) is 14.6. The highest BCUT2D eigenvalue weighted by molar-refractivity contribution is 9.10. The fourth-order valence-corrected chi connectivity index (χ4v) is 3.15. The average molecular weight is 353 g/mol. The van der Waals surface area contributed by atoms with Crippen LogP contribution < -0.4 is 5.32 Å². The van der Waals surface area contributed by atoms with E-state index in [9.17, 15) is 0 Å². The number of rotatable bonds is 3. The van der Waals surface area contributed by atoms with E-state index in [0.29, 0.717) is 0 Å². The van der Waals surface area contributed by atoms with Crippen molar-refractivity contribution in [3.05, 3.63) is 67.6 Å². The van der Waals surface area contributed by atoms with Crippen LogP contribution in [0.4, 0.5) is 0 Å². The SMILES string of the molecule is CNC(c1cc(Cl)ccc1C)c1cc(C)c(Br)cc1C. The van der Waals surface area contributed by atoms with Crippen molar-refractivity contribution in [2.75, 3.05) is 7.05 Å². The van der Waals surface area contributed by atoms with Gasteiger partial charge in [-0.05, 0) is 73.8 Å². The van der Waals surface area contributed by atoms with E-state index in [2.05, 4.69) is 66.3 Å². The van der Waals surface area contributed by atoms with Gasteiger partial charge in [0, 0.05) is 9.50 Å². The third kappa shape index (κ3) is 3.08. The lowest BCUT2D eigenvalue weighted by atomic mass is 9.91. The second-order valence-electron chi connectivity index (χ2n) is 5.18. The second kappa shape index (κ2) is 6.30. The molecule has 0 aliphatic carbocycles. The summed E-state index contributed by atoms with van der Waals surface area (Å²) in [5.41, 5.74) is 6.27. The highest BCUT2D eigenvalue weighted by atomic mass is 79.9. The molecule has 1 unspecified atom stereocenters. The van der Waals surface area contributed by atoms with Gasteiger partial charge in [-0.1, -0.05) is 39.7 Å². The minimum atomic E-state index is 0.153. The molecular weight excluding hydrogens is 334 g/mol. The largest absolute Gasteiger partial charge is 0.309 e. The van der Waals surface area contributed by atoms with Gasteiger partial charge in [-0.2, -0.15) is 0 Å². The van der Waals surface area contributed by atoms with Gasteiger partial charge >= 0.3 is 0 Å². The zero-order chi connectivity index (χ0) is 14.9. The Kier molecular flexibility index (Phi) is 4.90. The molecule has 0 fully saturated rings. The molecular formula is C17H19BrClN. The molecule has 2 aromatic rings. The molecule has 0 amide bonds. The lowest BCUT2D eigenvalue weighted by Crippen LogP contribution is -2.20. The lowest BCUT2D eigenvalue weighted by Gasteiger charge is -2.22. The number of benzene rings is 2. The van der Waals surface area contributed by atoms with Gasteiger partial charge in [0.05, 0.1) is 6.04 Å². The van der Waals surface area contributed by atoms with Crippen molar-refractivity contribution in [3.8, 4) is 0 Å². The number of halogens is 2. The van der Waals surface area contributed by atoms with E-state index in [0.717, 1.165) is 9.50 Å². The van der Waals surface area contributed by atoms with Crippen LogP contribution in [0.3, 0.4) is 0 Å². The number of nitrogens with one attached hydrogen (secondary N) is 1. The molecule has 0 bridgehead atoms. The van der Waals surface area contributed by atoms with Crippen LogP contribution in [0.5, 0.6) is 0 Å². The van der Waals surface area contributed by atoms with Gasteiger partial charge < -0.3 is 5.32 Å². The Balaban J connectivity index is 2.58. The topological polar surface area (TPSA) is 12.0 Å². The van der Waals surface area contributed by atoms with E-state index >= 15 is 0 Å². The van der Waals surface area contributed by atoms with Gasteiger partial charge in [0.2, 0.25) is 0 Å². The van der Waals surface area contributed by atoms with Crippen LogP contribution in [0.25, 0.3) is 0 Å². The maximum absolute atomic E-state index is 6.17. The van der Waals surface area contributed by atoms with E-state index in [4.69, 9.17) is 11.6 Å². The fraction of sp³-hybridized carbons (Fsp3) is 0.294. The van der Waals surface area contributed by atoms with E-state index in [1.54, 1.807) is 0 Å². The van der Waals surface area contributed by atoms with Crippen molar-refractivity contribution >= 4 is 27.5 Å². The molecule has 1 nitrogen and oxygen atoms in total. The third-order valence-electron chi connectivity index (χ3n) is 3.70. The van der Waals surface area contributed by atoms with Gasteiger partial charge in [-0.3, -0.25) is 0 Å². The minimum absolute atomic E-state index is 0.153. The molecule has 106 valence electrons. The first kappa shape index (κ1) is 15.6. The molecule has 1 N–H and O–H groups in total. The van der Waals surface area contributed by atoms with Crippen molar-refractivity contribution < 1.29 is 0 Å². The summed E-state index contributed by atoms with van der Waals surface area (Å²) in [6.45, 7) is 6.38. The third-order valence-corrected chi connectivity index (χ3v) is 4.79. The van der Waals surface area contributed by atoms with Gasteiger partial charge in [-0.25, -0.2) is 0 Å². The number of aryl methyl sites for hydroxylation is 3. The van der Waals surface area contributed by atoms with Crippen molar-refractivity contribution in [2.45, 2.75) is 26.8 Å². The molecule has 0 saturated heterocycles. The monoisotopic (exact) mass is 351 g/mol. The van der Waals surface area contributed by atoms with Crippen molar-refractivity contribution in [1.82, 2.24) is 5.32 Å². The summed E-state index contributed by atoms with van der Waals surface area (Å²) in [7, 11) is 1.99. The molecule has 0 heterocycles. The van der Waals surface area contributed by atoms with Crippen LogP contribution in [0.1, 0.15) is 33.9 Å². The standard InChI is InChI=1S/C17H19BrClN/c1-10-5-6-13(19)9-15(10)17(20-4)14-7-12(3)16(18)8-11(14)2/h5-9,17,20H,1-4H3. The molecule has 0 radical (unpaired) electrons. The summed E-state index contributed by atoms with van der Waals surface area (Å²) >= 11 is 9.76. The van der Waals surface area contributed by atoms with Gasteiger partial charge in [0.25, 0.3) is 0 Å². The second-order valence-corrected chi connectivity index (χ2v) is 6.47. The van der Waals surface area contributed by atoms with Crippen molar-refractivity contribution in [1.29, 1.82) is 0 Å². The molecule has 1 atom stereocenters. The van der Waals surface area contributed by atoms with Crippen LogP contribution in [0, 0.1) is 20.8 Å². The van der Waals surface area contributed by atoms with Crippen molar-refractivity contribution in [2.24, 2.45) is 0 Å². The molecule has 0 aromatic heterocycles. The Morgan fingerprint density at radius 3 is 2.25 bits per heavy atom. The molecule has 20 heavy (non-hydrogen) atoms. The summed E-state index contributed by atoms with van der Waals surface area (Å²) in [5.74, 6) is 0. The molecule has 2 rings (SSSR count). The summed E-state index contributed by atoms with van der Waals surface area (Å²) in [5, 5.41) is 4.19. The Labute approximate surface area is 134 Å². The van der Waals surface area contributed by atoms with E-state index in [1.165, 1.54) is 27.8 Å². The highest BCUT2D eigenvalue weighted by Crippen LogP contribution is 2.31. The number of hydrogen-bond donors (Lipinski definition) is 1. The van der Waals surface area contributed by atoms with Crippen molar-refractivity contribution in [3.63, 3.8) is 0 Å². The molecule has 0 aliphatic heterocycles. The maximum atomic E-state index is 6.17. The molecule has 0 spiro atoms. The molecule has 3 heteroatoms. The first-order valence-corrected chi connectivity index (χ1v) is 7.81. The Morgan fingerprint density at radius 2 is 1.60 bits per heavy atom. The van der Waals surface area contributed by atoms with Crippen LogP contribution in [0.15, 0.2) is 34.8 Å². The van der Waals surface area contributed by atoms with Gasteiger partial charge in [0.15, 0.2) is 0 Å². The lowest BCUT2D eigenvalue weighted by molar-refractivity contribution is 0.682. The van der Waals surface area contributed by atoms with Crippen LogP contribution in [-0.4, -0.2) is 7.05 Å². The zero-order valence-electron chi connectivity index (χ0n) is 12.2. The molecule has 2 aromatic carbocycles. The van der Waals surface area contributed by atoms with Crippen LogP contribution in [-0.2, 0) is 0 Å². The summed E-state index contributed by atoms with van der Waals surface area (Å²) in [6.07, 6.45) is 0. The highest BCUT2D eigenvalue weighted by Gasteiger charge is 2.17. The van der Waals surface area contributed by atoms with Gasteiger partial charge in [-0.15, -0.1) is 0 Å². The Bertz CT molecular complexity index is 637. The smallest absolute Gasteiger partial charge is 0.0580 e. The predicted molar refractivity (Wildman–Crippen MR) is 90.7 cm³/mol. The van der Waals surface area contributed by atoms with E-state index in [-0.39, 0.29) is 6.04 Å². The Morgan fingerprint density at radius 1 is 0.950 bits per heavy atom. The quantitative estimate of drug-likeness (QED) is 0.786. The summed E-state index contributed by atoms with van der Waals surface area (Å²) in [6, 6.07) is 10.6. The Hall–Kier alpha value is -0.830. The first-order chi connectivity index (χ1) is 9.43. The fourth-order valence-electron chi connectivity index (χ4n) is 2.52. The normalized spacial score (nSPS) is 12.5. The average Bonchev–Trinajstić information content (AvgIpc) is 2.40. The predicted octanol–water partition coefficient (Wildman–Crippen LogP) is 5.34. The summed E-state index contributed by atoms with van der Waals surface area (Å²) < 4.78 is 1.15. The minimum Gasteiger partial charge on any atom is -0.309 e. The van der Waals surface area contributed by atoms with E-state index in [1.807, 2.05) is 13.1 Å². The van der Waals surface area contributed by atoms with Crippen LogP contribution >= 0.6 is 27.5 Å². The van der Waals surface area contributed by atoms with E-state index < -0.39 is 0 Å². The number of hydrogen-bond acceptors (Lipinski definition) is 1. The van der Waals surface area contributed by atoms with Crippen LogP contribution in [0.2, 0.25) is 5.02 Å². The maximum Gasteiger partial charge on any atom is 0.0580 e. The van der Waals surface area contributed by atoms with Gasteiger partial charge in [0.1, 0.15) is 0 Å². The molecule has 0 aliphatic rings. The summed E-state index contributed by atoms with van der Waals surface area (Å²) in [4.78, 5) is 0. The first-order valence-electron chi connectivity index (χ1n) is 6.64. The molecule has 0 saturated carbocycles.